The zero-order valence-electron chi connectivity index (χ0n) is 12.9. The number of nitriles is 1. The van der Waals surface area contributed by atoms with Crippen molar-refractivity contribution in [3.05, 3.63) is 29.3 Å². The molecule has 1 rings (SSSR count). The summed E-state index contributed by atoms with van der Waals surface area (Å²) in [6.45, 7) is 6.66. The fraction of sp³-hybridized carbons (Fsp3) is 0.562. The second kappa shape index (κ2) is 7.99. The average molecular weight is 292 g/mol. The summed E-state index contributed by atoms with van der Waals surface area (Å²) < 4.78 is 5.51. The molecule has 1 aromatic carbocycles. The molecular weight excluding hydrogens is 268 g/mol. The molecule has 0 radical (unpaired) electrons. The Labute approximate surface area is 126 Å². The van der Waals surface area contributed by atoms with E-state index in [0.717, 1.165) is 5.56 Å². The number of aliphatic hydroxyl groups is 2. The van der Waals surface area contributed by atoms with Gasteiger partial charge < -0.3 is 20.3 Å². The predicted octanol–water partition coefficient (Wildman–Crippen LogP) is 1.22. The summed E-state index contributed by atoms with van der Waals surface area (Å²) in [5.41, 5.74) is 1.23. The van der Waals surface area contributed by atoms with Gasteiger partial charge in [-0.05, 0) is 44.9 Å². The molecule has 0 aromatic heterocycles. The molecule has 0 aliphatic rings. The number of nitrogens with zero attached hydrogens (tertiary/aromatic N) is 1. The molecule has 3 N–H and O–H groups in total. The third kappa shape index (κ3) is 6.58. The van der Waals surface area contributed by atoms with Crippen LogP contribution in [0.1, 0.15) is 31.9 Å². The minimum Gasteiger partial charge on any atom is -0.489 e. The molecule has 0 amide bonds. The number of nitrogens with one attached hydrogen (secondary N) is 1. The molecule has 0 aliphatic heterocycles. The first-order valence-electron chi connectivity index (χ1n) is 7.05. The summed E-state index contributed by atoms with van der Waals surface area (Å²) in [5, 5.41) is 31.1. The summed E-state index contributed by atoms with van der Waals surface area (Å²) in [6, 6.07) is 7.28. The van der Waals surface area contributed by atoms with Gasteiger partial charge in [0.15, 0.2) is 0 Å². The molecule has 0 saturated carbocycles. The molecule has 0 aliphatic carbocycles. The third-order valence-corrected chi connectivity index (χ3v) is 2.86. The van der Waals surface area contributed by atoms with E-state index >= 15 is 0 Å². The Bertz CT molecular complexity index is 489. The van der Waals surface area contributed by atoms with Crippen LogP contribution in [-0.2, 0) is 6.42 Å². The first-order chi connectivity index (χ1) is 9.85. The van der Waals surface area contributed by atoms with E-state index in [4.69, 9.17) is 15.1 Å². The molecule has 1 atom stereocenters. The highest BCUT2D eigenvalue weighted by Gasteiger charge is 2.13. The van der Waals surface area contributed by atoms with Gasteiger partial charge in [0.2, 0.25) is 0 Å². The highest BCUT2D eigenvalue weighted by molar-refractivity contribution is 5.45. The number of ether oxygens (including phenoxy) is 1. The Morgan fingerprint density at radius 3 is 2.67 bits per heavy atom. The Morgan fingerprint density at radius 1 is 1.38 bits per heavy atom. The van der Waals surface area contributed by atoms with Crippen LogP contribution in [-0.4, -0.2) is 41.6 Å². The smallest absolute Gasteiger partial charge is 0.137 e. The predicted molar refractivity (Wildman–Crippen MR) is 81.2 cm³/mol. The van der Waals surface area contributed by atoms with Gasteiger partial charge in [-0.2, -0.15) is 5.26 Å². The van der Waals surface area contributed by atoms with Crippen LogP contribution in [0.15, 0.2) is 18.2 Å². The van der Waals surface area contributed by atoms with Crippen molar-refractivity contribution in [2.45, 2.75) is 38.8 Å². The highest BCUT2D eigenvalue weighted by atomic mass is 16.5. The lowest BCUT2D eigenvalue weighted by Crippen LogP contribution is -2.42. The number of hydrogen-bond acceptors (Lipinski definition) is 5. The number of rotatable bonds is 7. The van der Waals surface area contributed by atoms with Crippen LogP contribution in [0.5, 0.6) is 5.75 Å². The van der Waals surface area contributed by atoms with Crippen LogP contribution < -0.4 is 10.1 Å². The van der Waals surface area contributed by atoms with Crippen LogP contribution in [0.3, 0.4) is 0 Å². The number of hydrogen-bond donors (Lipinski definition) is 3. The molecule has 0 fully saturated rings. The third-order valence-electron chi connectivity index (χ3n) is 2.86. The van der Waals surface area contributed by atoms with Crippen LogP contribution >= 0.6 is 0 Å². The molecule has 5 nitrogen and oxygen atoms in total. The van der Waals surface area contributed by atoms with Crippen LogP contribution in [0.2, 0.25) is 0 Å². The van der Waals surface area contributed by atoms with E-state index in [1.807, 2.05) is 26.8 Å². The van der Waals surface area contributed by atoms with E-state index in [2.05, 4.69) is 11.4 Å². The maximum atomic E-state index is 9.87. The fourth-order valence-corrected chi connectivity index (χ4v) is 1.74. The first kappa shape index (κ1) is 17.4. The van der Waals surface area contributed by atoms with E-state index in [1.165, 1.54) is 0 Å². The second-order valence-corrected chi connectivity index (χ2v) is 6.01. The van der Waals surface area contributed by atoms with E-state index in [-0.39, 0.29) is 18.8 Å². The van der Waals surface area contributed by atoms with Gasteiger partial charge in [0, 0.05) is 18.7 Å². The second-order valence-electron chi connectivity index (χ2n) is 6.01. The van der Waals surface area contributed by atoms with Gasteiger partial charge in [-0.15, -0.1) is 0 Å². The topological polar surface area (TPSA) is 85.5 Å². The molecular formula is C16H24N2O3. The van der Waals surface area contributed by atoms with Crippen LogP contribution in [0.4, 0.5) is 0 Å². The lowest BCUT2D eigenvalue weighted by Gasteiger charge is -2.23. The minimum atomic E-state index is -0.645. The van der Waals surface area contributed by atoms with Crippen molar-refractivity contribution in [2.24, 2.45) is 0 Å². The van der Waals surface area contributed by atoms with Gasteiger partial charge in [0.05, 0.1) is 5.56 Å². The maximum Gasteiger partial charge on any atom is 0.137 e. The lowest BCUT2D eigenvalue weighted by molar-refractivity contribution is 0.0999. The average Bonchev–Trinajstić information content (AvgIpc) is 2.43. The molecule has 0 saturated heterocycles. The summed E-state index contributed by atoms with van der Waals surface area (Å²) in [4.78, 5) is 0. The van der Waals surface area contributed by atoms with Crippen LogP contribution in [0.25, 0.3) is 0 Å². The normalized spacial score (nSPS) is 12.8. The Hall–Kier alpha value is -1.61. The van der Waals surface area contributed by atoms with Gasteiger partial charge in [0.1, 0.15) is 24.5 Å². The van der Waals surface area contributed by atoms with Gasteiger partial charge in [-0.25, -0.2) is 0 Å². The summed E-state index contributed by atoms with van der Waals surface area (Å²) in [5.74, 6) is 0.453. The molecule has 116 valence electrons. The monoisotopic (exact) mass is 292 g/mol. The molecule has 21 heavy (non-hydrogen) atoms. The Kier molecular flexibility index (Phi) is 6.63. The SMILES string of the molecule is CC(C)(C)NC[C@@H](O)COc1ccc(CCO)cc1C#N. The van der Waals surface area contributed by atoms with E-state index in [1.54, 1.807) is 12.1 Å². The van der Waals surface area contributed by atoms with Gasteiger partial charge in [0.25, 0.3) is 0 Å². The van der Waals surface area contributed by atoms with Crippen molar-refractivity contribution in [1.82, 2.24) is 5.32 Å². The molecule has 0 unspecified atom stereocenters. The van der Waals surface area contributed by atoms with Crippen molar-refractivity contribution in [3.8, 4) is 11.8 Å². The van der Waals surface area contributed by atoms with E-state index in [0.29, 0.717) is 24.3 Å². The lowest BCUT2D eigenvalue weighted by atomic mass is 10.1. The van der Waals surface area contributed by atoms with E-state index < -0.39 is 6.10 Å². The minimum absolute atomic E-state index is 0.0439. The fourth-order valence-electron chi connectivity index (χ4n) is 1.74. The Balaban J connectivity index is 2.57. The molecule has 5 heteroatoms. The zero-order chi connectivity index (χ0) is 15.9. The number of benzene rings is 1. The van der Waals surface area contributed by atoms with E-state index in [9.17, 15) is 5.11 Å². The van der Waals surface area contributed by atoms with Crippen molar-refractivity contribution >= 4 is 0 Å². The van der Waals surface area contributed by atoms with Crippen molar-refractivity contribution in [2.75, 3.05) is 19.8 Å². The standard InChI is InChI=1S/C16H24N2O3/c1-16(2,3)18-10-14(20)11-21-15-5-4-12(6-7-19)8-13(15)9-17/h4-5,8,14,18-20H,6-7,10-11H2,1-3H3/t14-/m1/s1. The highest BCUT2D eigenvalue weighted by Crippen LogP contribution is 2.20. The first-order valence-corrected chi connectivity index (χ1v) is 7.05. The molecule has 0 bridgehead atoms. The molecule has 0 heterocycles. The zero-order valence-corrected chi connectivity index (χ0v) is 12.9. The Morgan fingerprint density at radius 2 is 2.10 bits per heavy atom. The number of aliphatic hydroxyl groups excluding tert-OH is 2. The maximum absolute atomic E-state index is 9.87. The summed E-state index contributed by atoms with van der Waals surface area (Å²) in [6.07, 6.45) is -0.138. The summed E-state index contributed by atoms with van der Waals surface area (Å²) in [7, 11) is 0. The van der Waals surface area contributed by atoms with Crippen molar-refractivity contribution in [3.63, 3.8) is 0 Å². The quantitative estimate of drug-likeness (QED) is 0.703. The van der Waals surface area contributed by atoms with Crippen molar-refractivity contribution < 1.29 is 14.9 Å². The van der Waals surface area contributed by atoms with Gasteiger partial charge in [-0.1, -0.05) is 6.07 Å². The summed E-state index contributed by atoms with van der Waals surface area (Å²) >= 11 is 0. The number of β-amino-alcohol motifs (C(OH)–C–C–N with tert-alkyl or cyclic N) is 1. The molecule has 0 spiro atoms. The van der Waals surface area contributed by atoms with Crippen molar-refractivity contribution in [1.29, 1.82) is 5.26 Å². The van der Waals surface area contributed by atoms with Gasteiger partial charge in [-0.3, -0.25) is 0 Å². The largest absolute Gasteiger partial charge is 0.489 e. The van der Waals surface area contributed by atoms with Crippen LogP contribution in [0, 0.1) is 11.3 Å². The van der Waals surface area contributed by atoms with Gasteiger partial charge >= 0.3 is 0 Å². The molecule has 1 aromatic rings.